The first-order valence-corrected chi connectivity index (χ1v) is 11.1. The number of amides is 2. The third kappa shape index (κ3) is 4.61. The molecule has 1 fully saturated rings. The van der Waals surface area contributed by atoms with Crippen molar-refractivity contribution in [3.05, 3.63) is 65.7 Å². The summed E-state index contributed by atoms with van der Waals surface area (Å²) in [5.41, 5.74) is 2.55. The number of para-hydroxylation sites is 1. The first-order valence-electron chi connectivity index (χ1n) is 11.1. The highest BCUT2D eigenvalue weighted by atomic mass is 16.6. The highest BCUT2D eigenvalue weighted by Crippen LogP contribution is 2.34. The van der Waals surface area contributed by atoms with Crippen LogP contribution in [0.15, 0.2) is 54.6 Å². The average Bonchev–Trinajstić information content (AvgIpc) is 3.23. The molecule has 0 bridgehead atoms. The third-order valence-corrected chi connectivity index (χ3v) is 6.09. The maximum atomic E-state index is 13.4. The van der Waals surface area contributed by atoms with E-state index in [9.17, 15) is 14.4 Å². The molecule has 0 saturated carbocycles. The second-order valence-corrected chi connectivity index (χ2v) is 8.11. The van der Waals surface area contributed by atoms with E-state index in [1.807, 2.05) is 54.6 Å². The molecule has 2 aliphatic rings. The Morgan fingerprint density at radius 1 is 0.938 bits per heavy atom. The molecule has 1 atom stereocenters. The van der Waals surface area contributed by atoms with Gasteiger partial charge >= 0.3 is 12.1 Å². The summed E-state index contributed by atoms with van der Waals surface area (Å²) < 4.78 is 10.7. The van der Waals surface area contributed by atoms with Crippen molar-refractivity contribution in [3.63, 3.8) is 0 Å². The van der Waals surface area contributed by atoms with Gasteiger partial charge in [-0.05, 0) is 37.0 Å². The summed E-state index contributed by atoms with van der Waals surface area (Å²) in [4.78, 5) is 41.7. The Kier molecular flexibility index (Phi) is 6.73. The number of fused-ring (bicyclic) bond motifs is 1. The van der Waals surface area contributed by atoms with Crippen LogP contribution in [0.4, 0.5) is 10.5 Å². The number of nitrogens with zero attached hydrogens (tertiary/aromatic N) is 2. The normalized spacial score (nSPS) is 18.2. The van der Waals surface area contributed by atoms with Crippen LogP contribution in [0, 0.1) is 5.92 Å². The van der Waals surface area contributed by atoms with E-state index in [4.69, 9.17) is 9.47 Å². The molecule has 2 aliphatic heterocycles. The van der Waals surface area contributed by atoms with Gasteiger partial charge in [-0.15, -0.1) is 0 Å². The number of likely N-dealkylation sites (tertiary alicyclic amines) is 1. The molecule has 0 radical (unpaired) electrons. The van der Waals surface area contributed by atoms with Crippen molar-refractivity contribution in [1.29, 1.82) is 0 Å². The van der Waals surface area contributed by atoms with Crippen LogP contribution in [0.2, 0.25) is 0 Å². The van der Waals surface area contributed by atoms with Crippen LogP contribution >= 0.6 is 0 Å². The monoisotopic (exact) mass is 436 g/mol. The molecule has 0 aromatic heterocycles. The molecule has 2 aromatic rings. The van der Waals surface area contributed by atoms with Gasteiger partial charge in [-0.25, -0.2) is 4.79 Å². The zero-order valence-corrected chi connectivity index (χ0v) is 18.2. The van der Waals surface area contributed by atoms with Crippen LogP contribution in [-0.4, -0.2) is 48.6 Å². The minimum atomic E-state index is -0.644. The number of ether oxygens (including phenoxy) is 2. The molecule has 7 heteroatoms. The van der Waals surface area contributed by atoms with Crippen LogP contribution in [0.25, 0.3) is 0 Å². The van der Waals surface area contributed by atoms with Gasteiger partial charge in [0.25, 0.3) is 0 Å². The number of rotatable bonds is 5. The Hall–Kier alpha value is -3.35. The van der Waals surface area contributed by atoms with Gasteiger partial charge in [0.1, 0.15) is 12.6 Å². The molecule has 0 unspecified atom stereocenters. The Balaban J connectivity index is 1.45. The first kappa shape index (κ1) is 21.9. The van der Waals surface area contributed by atoms with E-state index in [2.05, 4.69) is 0 Å². The molecule has 7 nitrogen and oxygen atoms in total. The molecule has 2 aromatic carbocycles. The molecule has 0 spiro atoms. The number of hydrogen-bond donors (Lipinski definition) is 0. The lowest BCUT2D eigenvalue weighted by Crippen LogP contribution is -2.52. The zero-order valence-electron chi connectivity index (χ0n) is 18.2. The summed E-state index contributed by atoms with van der Waals surface area (Å²) in [7, 11) is 0. The molecule has 2 amide bonds. The van der Waals surface area contributed by atoms with Gasteiger partial charge in [-0.2, -0.15) is 0 Å². The maximum Gasteiger partial charge on any atom is 0.415 e. The van der Waals surface area contributed by atoms with Crippen molar-refractivity contribution >= 4 is 23.7 Å². The molecule has 1 saturated heterocycles. The van der Waals surface area contributed by atoms with Crippen LogP contribution < -0.4 is 4.90 Å². The third-order valence-electron chi connectivity index (χ3n) is 6.09. The van der Waals surface area contributed by atoms with Crippen LogP contribution in [0.1, 0.15) is 30.9 Å². The fourth-order valence-corrected chi connectivity index (χ4v) is 4.40. The van der Waals surface area contributed by atoms with E-state index in [1.165, 1.54) is 4.90 Å². The molecule has 0 aliphatic carbocycles. The van der Waals surface area contributed by atoms with Crippen molar-refractivity contribution in [2.24, 2.45) is 5.92 Å². The number of carbonyl (C=O) groups excluding carboxylic acids is 3. The summed E-state index contributed by atoms with van der Waals surface area (Å²) in [5.74, 6) is -0.481. The van der Waals surface area contributed by atoms with Crippen molar-refractivity contribution in [2.45, 2.75) is 38.8 Å². The van der Waals surface area contributed by atoms with Crippen LogP contribution in [0.5, 0.6) is 0 Å². The van der Waals surface area contributed by atoms with E-state index in [-0.39, 0.29) is 24.4 Å². The molecular weight excluding hydrogens is 408 g/mol. The lowest BCUT2D eigenvalue weighted by molar-refractivity contribution is -0.151. The highest BCUT2D eigenvalue weighted by Gasteiger charge is 2.42. The van der Waals surface area contributed by atoms with E-state index in [0.29, 0.717) is 44.6 Å². The fraction of sp³-hybridized carbons (Fsp3) is 0.400. The van der Waals surface area contributed by atoms with Gasteiger partial charge in [-0.1, -0.05) is 48.5 Å². The predicted molar refractivity (Wildman–Crippen MR) is 119 cm³/mol. The summed E-state index contributed by atoms with van der Waals surface area (Å²) in [6.07, 6.45) is 1.07. The minimum absolute atomic E-state index is 0.111. The number of hydrogen-bond acceptors (Lipinski definition) is 5. The van der Waals surface area contributed by atoms with Gasteiger partial charge in [0.15, 0.2) is 0 Å². The van der Waals surface area contributed by atoms with Crippen molar-refractivity contribution in [3.8, 4) is 0 Å². The highest BCUT2D eigenvalue weighted by molar-refractivity contribution is 6.00. The molecular formula is C25H28N2O5. The smallest absolute Gasteiger partial charge is 0.415 e. The topological polar surface area (TPSA) is 76.2 Å². The number of esters is 1. The SMILES string of the molecule is CCOC(=O)C1CCN(C(=O)[C@H]2Cc3ccccc3N2C(=O)OCc2ccccc2)CC1. The Labute approximate surface area is 187 Å². The van der Waals surface area contributed by atoms with Crippen LogP contribution in [-0.2, 0) is 32.1 Å². The minimum Gasteiger partial charge on any atom is -0.466 e. The number of carbonyl (C=O) groups is 3. The molecule has 168 valence electrons. The second kappa shape index (κ2) is 9.85. The molecule has 2 heterocycles. The standard InChI is InChI=1S/C25H28N2O5/c1-2-31-24(29)19-12-14-26(15-13-19)23(28)22-16-20-10-6-7-11-21(20)27(22)25(30)32-17-18-8-4-3-5-9-18/h3-11,19,22H,2,12-17H2,1H3/t22-/m1/s1. The Morgan fingerprint density at radius 3 is 2.34 bits per heavy atom. The van der Waals surface area contributed by atoms with Gasteiger partial charge in [-0.3, -0.25) is 14.5 Å². The Morgan fingerprint density at radius 2 is 1.62 bits per heavy atom. The van der Waals surface area contributed by atoms with E-state index >= 15 is 0 Å². The Bertz CT molecular complexity index is 969. The van der Waals surface area contributed by atoms with Crippen LogP contribution in [0.3, 0.4) is 0 Å². The number of piperidine rings is 1. The lowest BCUT2D eigenvalue weighted by Gasteiger charge is -2.34. The maximum absolute atomic E-state index is 13.4. The van der Waals surface area contributed by atoms with E-state index in [1.54, 1.807) is 11.8 Å². The van der Waals surface area contributed by atoms with Gasteiger partial charge in [0.05, 0.1) is 18.2 Å². The van der Waals surface area contributed by atoms with Crippen molar-refractivity contribution < 1.29 is 23.9 Å². The number of benzene rings is 2. The lowest BCUT2D eigenvalue weighted by atomic mass is 9.96. The van der Waals surface area contributed by atoms with E-state index < -0.39 is 12.1 Å². The largest absolute Gasteiger partial charge is 0.466 e. The van der Waals surface area contributed by atoms with Gasteiger partial charge in [0, 0.05) is 19.5 Å². The number of anilines is 1. The summed E-state index contributed by atoms with van der Waals surface area (Å²) in [6.45, 7) is 3.24. The quantitative estimate of drug-likeness (QED) is 0.670. The fourth-order valence-electron chi connectivity index (χ4n) is 4.40. The molecule has 32 heavy (non-hydrogen) atoms. The van der Waals surface area contributed by atoms with E-state index in [0.717, 1.165) is 11.1 Å². The zero-order chi connectivity index (χ0) is 22.5. The van der Waals surface area contributed by atoms with Crippen molar-refractivity contribution in [2.75, 3.05) is 24.6 Å². The first-order chi connectivity index (χ1) is 15.6. The summed E-state index contributed by atoms with van der Waals surface area (Å²) in [6, 6.07) is 16.4. The molecule has 4 rings (SSSR count). The summed E-state index contributed by atoms with van der Waals surface area (Å²) in [5, 5.41) is 0. The average molecular weight is 437 g/mol. The predicted octanol–water partition coefficient (Wildman–Crippen LogP) is 3.56. The molecule has 0 N–H and O–H groups in total. The van der Waals surface area contributed by atoms with Crippen molar-refractivity contribution in [1.82, 2.24) is 4.90 Å². The summed E-state index contributed by atoms with van der Waals surface area (Å²) >= 11 is 0. The van der Waals surface area contributed by atoms with Gasteiger partial charge in [0.2, 0.25) is 5.91 Å². The second-order valence-electron chi connectivity index (χ2n) is 8.11. The van der Waals surface area contributed by atoms with Gasteiger partial charge < -0.3 is 14.4 Å².